The topological polar surface area (TPSA) is 148 Å². The second kappa shape index (κ2) is 15.4. The van der Waals surface area contributed by atoms with E-state index in [1.807, 2.05) is 50.6 Å². The molecule has 2 N–H and O–H groups in total. The van der Waals surface area contributed by atoms with Crippen LogP contribution in [0.3, 0.4) is 0 Å². The molecule has 13 heteroatoms. The summed E-state index contributed by atoms with van der Waals surface area (Å²) in [4.78, 5) is 56.3. The first-order valence-electron chi connectivity index (χ1n) is 20.3. The first kappa shape index (κ1) is 39.4. The van der Waals surface area contributed by atoms with Gasteiger partial charge in [0.05, 0.1) is 43.4 Å². The van der Waals surface area contributed by atoms with Crippen LogP contribution in [0.15, 0.2) is 53.7 Å². The van der Waals surface area contributed by atoms with Crippen molar-refractivity contribution < 1.29 is 33.3 Å². The third-order valence-electron chi connectivity index (χ3n) is 11.8. The fourth-order valence-corrected chi connectivity index (χ4v) is 9.09. The summed E-state index contributed by atoms with van der Waals surface area (Å²) in [6.07, 6.45) is 3.08. The fourth-order valence-electron chi connectivity index (χ4n) is 9.09. The summed E-state index contributed by atoms with van der Waals surface area (Å²) >= 11 is 0. The van der Waals surface area contributed by atoms with E-state index in [-0.39, 0.29) is 41.8 Å². The van der Waals surface area contributed by atoms with Crippen LogP contribution in [0.5, 0.6) is 5.75 Å². The van der Waals surface area contributed by atoms with E-state index in [1.165, 1.54) is 7.11 Å². The van der Waals surface area contributed by atoms with Gasteiger partial charge in [0.25, 0.3) is 0 Å². The van der Waals surface area contributed by atoms with Crippen LogP contribution in [-0.2, 0) is 32.0 Å². The number of carbonyl (C=O) groups is 3. The number of hydrogen-bond acceptors (Lipinski definition) is 9. The predicted octanol–water partition coefficient (Wildman–Crippen LogP) is 7.98. The number of hydrogen-bond donors (Lipinski definition) is 2. The van der Waals surface area contributed by atoms with Gasteiger partial charge in [-0.15, -0.1) is 0 Å². The second-order valence-electron chi connectivity index (χ2n) is 17.7. The molecule has 4 aliphatic heterocycles. The van der Waals surface area contributed by atoms with E-state index in [1.54, 1.807) is 7.11 Å². The number of methoxy groups -OCH3 is 2. The first-order valence-corrected chi connectivity index (χ1v) is 20.3. The zero-order valence-corrected chi connectivity index (χ0v) is 34.7. The molecule has 3 amide bonds. The van der Waals surface area contributed by atoms with Crippen molar-refractivity contribution in [3.63, 3.8) is 0 Å². The highest BCUT2D eigenvalue weighted by atomic mass is 16.6. The number of aromatic nitrogens is 2. The molecular formula is C45H54N6O7. The Morgan fingerprint density at radius 3 is 2.55 bits per heavy atom. The van der Waals surface area contributed by atoms with Crippen molar-refractivity contribution in [2.24, 2.45) is 22.7 Å². The number of amides is 3. The Kier molecular flexibility index (Phi) is 10.5. The summed E-state index contributed by atoms with van der Waals surface area (Å²) in [5.74, 6) is 1.78. The highest BCUT2D eigenvalue weighted by Crippen LogP contribution is 2.45. The van der Waals surface area contributed by atoms with Crippen molar-refractivity contribution in [2.45, 2.75) is 91.1 Å². The number of rotatable bonds is 8. The van der Waals surface area contributed by atoms with Crippen molar-refractivity contribution in [1.29, 1.82) is 0 Å². The molecule has 5 heterocycles. The molecule has 2 fully saturated rings. The Morgan fingerprint density at radius 1 is 1.00 bits per heavy atom. The average molecular weight is 791 g/mol. The van der Waals surface area contributed by atoms with Crippen LogP contribution in [0.25, 0.3) is 33.2 Å². The summed E-state index contributed by atoms with van der Waals surface area (Å²) in [6, 6.07) is 13.8. The molecule has 58 heavy (non-hydrogen) atoms. The zero-order chi connectivity index (χ0) is 41.0. The van der Waals surface area contributed by atoms with E-state index in [4.69, 9.17) is 28.9 Å². The smallest absolute Gasteiger partial charge is 0.410 e. The largest absolute Gasteiger partial charge is 0.488 e. The van der Waals surface area contributed by atoms with Gasteiger partial charge in [-0.3, -0.25) is 14.7 Å². The number of fused-ring (bicyclic) bond motifs is 6. The van der Waals surface area contributed by atoms with Gasteiger partial charge in [0.15, 0.2) is 0 Å². The number of likely N-dealkylation sites (tertiary alicyclic amines) is 2. The molecule has 5 atom stereocenters. The summed E-state index contributed by atoms with van der Waals surface area (Å²) in [5.41, 5.74) is 7.51. The van der Waals surface area contributed by atoms with Gasteiger partial charge in [-0.05, 0) is 103 Å². The number of nitrogens with zero attached hydrogens (tertiary/aromatic N) is 4. The van der Waals surface area contributed by atoms with Gasteiger partial charge in [-0.1, -0.05) is 39.0 Å². The van der Waals surface area contributed by atoms with Crippen LogP contribution < -0.4 is 10.1 Å². The third kappa shape index (κ3) is 7.52. The molecule has 306 valence electrons. The number of nitrogens with one attached hydrogen (secondary N) is 2. The van der Waals surface area contributed by atoms with Gasteiger partial charge in [0.2, 0.25) is 5.91 Å². The minimum absolute atomic E-state index is 0.117. The molecule has 4 aromatic rings. The molecule has 0 saturated carbocycles. The van der Waals surface area contributed by atoms with Crippen LogP contribution in [0.4, 0.5) is 15.3 Å². The molecule has 2 saturated heterocycles. The summed E-state index contributed by atoms with van der Waals surface area (Å²) < 4.78 is 22.6. The van der Waals surface area contributed by atoms with Crippen molar-refractivity contribution in [1.82, 2.24) is 25.1 Å². The maximum absolute atomic E-state index is 13.8. The third-order valence-corrected chi connectivity index (χ3v) is 11.8. The van der Waals surface area contributed by atoms with Crippen LogP contribution in [0.2, 0.25) is 0 Å². The molecule has 4 aliphatic rings. The lowest BCUT2D eigenvalue weighted by Crippen LogP contribution is -2.51. The van der Waals surface area contributed by atoms with Crippen LogP contribution in [0.1, 0.15) is 77.4 Å². The van der Waals surface area contributed by atoms with Gasteiger partial charge in [0, 0.05) is 43.8 Å². The number of aromatic amines is 1. The Balaban J connectivity index is 1.02. The fraction of sp³-hybridized carbons (Fsp3) is 0.489. The molecule has 0 spiro atoms. The van der Waals surface area contributed by atoms with Crippen molar-refractivity contribution in [3.05, 3.63) is 65.6 Å². The van der Waals surface area contributed by atoms with E-state index in [9.17, 15) is 14.4 Å². The zero-order valence-electron chi connectivity index (χ0n) is 34.7. The molecule has 13 nitrogen and oxygen atoms in total. The van der Waals surface area contributed by atoms with E-state index < -0.39 is 17.7 Å². The molecular weight excluding hydrogens is 737 g/mol. The Hall–Kier alpha value is -5.43. The number of aliphatic imine (C=N–C) groups is 1. The van der Waals surface area contributed by atoms with Crippen molar-refractivity contribution in [3.8, 4) is 28.1 Å². The SMILES string of the molecule is COCC1C[C@@H](C2=Nc3ccc4cc5c(cc4c3C2)OCc2cc(-c3cnc([C@@H]4C[C@H](C)CN4C(=O)[C@@H](NC(=O)OC)C(C)C)[nH]3)ccc2-5)N(C(=O)OC(C)(C)C)C1. The summed E-state index contributed by atoms with van der Waals surface area (Å²) in [7, 11) is 3.00. The maximum atomic E-state index is 13.8. The first-order chi connectivity index (χ1) is 27.7. The molecule has 8 rings (SSSR count). The number of benzene rings is 3. The minimum Gasteiger partial charge on any atom is -0.488 e. The van der Waals surface area contributed by atoms with Crippen molar-refractivity contribution >= 4 is 40.3 Å². The van der Waals surface area contributed by atoms with E-state index in [0.717, 1.165) is 80.1 Å². The lowest BCUT2D eigenvalue weighted by Gasteiger charge is -2.30. The van der Waals surface area contributed by atoms with Gasteiger partial charge in [-0.2, -0.15) is 0 Å². The Labute approximate surface area is 339 Å². The van der Waals surface area contributed by atoms with Crippen LogP contribution >= 0.6 is 0 Å². The molecule has 0 bridgehead atoms. The van der Waals surface area contributed by atoms with Crippen LogP contribution in [-0.4, -0.2) is 95.2 Å². The minimum atomic E-state index is -0.704. The normalized spacial score (nSPS) is 21.6. The number of alkyl carbamates (subject to hydrolysis) is 1. The van der Waals surface area contributed by atoms with Gasteiger partial charge in [-0.25, -0.2) is 14.6 Å². The van der Waals surface area contributed by atoms with E-state index in [2.05, 4.69) is 59.7 Å². The number of carbonyl (C=O) groups excluding carboxylic acids is 3. The molecule has 3 aromatic carbocycles. The van der Waals surface area contributed by atoms with E-state index >= 15 is 0 Å². The number of imidazole rings is 1. The summed E-state index contributed by atoms with van der Waals surface area (Å²) in [5, 5.41) is 4.93. The quantitative estimate of drug-likeness (QED) is 0.183. The molecule has 1 unspecified atom stereocenters. The lowest BCUT2D eigenvalue weighted by molar-refractivity contribution is -0.135. The highest BCUT2D eigenvalue weighted by Gasteiger charge is 2.42. The molecule has 1 aromatic heterocycles. The highest BCUT2D eigenvalue weighted by molar-refractivity contribution is 6.06. The van der Waals surface area contributed by atoms with Gasteiger partial charge < -0.3 is 34.1 Å². The number of H-pyrrole nitrogens is 1. The van der Waals surface area contributed by atoms with Gasteiger partial charge in [0.1, 0.15) is 29.8 Å². The average Bonchev–Trinajstić information content (AvgIpc) is 4.00. The van der Waals surface area contributed by atoms with Crippen LogP contribution in [0, 0.1) is 17.8 Å². The van der Waals surface area contributed by atoms with Crippen molar-refractivity contribution in [2.75, 3.05) is 33.9 Å². The Morgan fingerprint density at radius 2 is 1.81 bits per heavy atom. The summed E-state index contributed by atoms with van der Waals surface area (Å²) in [6.45, 7) is 13.8. The predicted molar refractivity (Wildman–Crippen MR) is 221 cm³/mol. The molecule has 0 radical (unpaired) electrons. The Bertz CT molecular complexity index is 2290. The second-order valence-corrected chi connectivity index (χ2v) is 17.7. The molecule has 0 aliphatic carbocycles. The van der Waals surface area contributed by atoms with Gasteiger partial charge >= 0.3 is 12.2 Å². The lowest BCUT2D eigenvalue weighted by atomic mass is 9.90. The number of ether oxygens (including phenoxy) is 4. The maximum Gasteiger partial charge on any atom is 0.410 e. The standard InChI is InChI=1S/C45H54N6O7/c1-24(2)40(49-43(53)56-8)42(52)50-20-25(3)13-38(50)41-46-19-36(48-41)28-9-11-30-29(15-28)23-57-39-18-31-27(16-33(30)39)10-12-34-32(31)17-35(47-34)37-14-26(22-55-7)21-51(37)44(54)58-45(4,5)6/h9-12,15-16,18-19,24-26,37-38,40H,13-14,17,20-23H2,1-8H3,(H,46,48)(H,49,53)/t25-,26?,37-,38-,40-/m0/s1. The van der Waals surface area contributed by atoms with E-state index in [0.29, 0.717) is 32.7 Å². The monoisotopic (exact) mass is 790 g/mol.